The maximum absolute atomic E-state index is 12.6. The first-order chi connectivity index (χ1) is 13.8. The summed E-state index contributed by atoms with van der Waals surface area (Å²) in [6, 6.07) is 7.92. The molecule has 0 unspecified atom stereocenters. The van der Waals surface area contributed by atoms with Gasteiger partial charge in [0.1, 0.15) is 0 Å². The Hall–Kier alpha value is -2.58. The van der Waals surface area contributed by atoms with Gasteiger partial charge in [-0.25, -0.2) is 0 Å². The van der Waals surface area contributed by atoms with Crippen molar-refractivity contribution in [2.45, 2.75) is 25.8 Å². The van der Waals surface area contributed by atoms with Crippen molar-refractivity contribution in [3.63, 3.8) is 0 Å². The summed E-state index contributed by atoms with van der Waals surface area (Å²) in [4.78, 5) is 26.8. The first-order valence-electron chi connectivity index (χ1n) is 9.53. The number of hydrogen-bond acceptors (Lipinski definition) is 7. The highest BCUT2D eigenvalue weighted by Gasteiger charge is 2.20. The summed E-state index contributed by atoms with van der Waals surface area (Å²) >= 11 is 1.79. The van der Waals surface area contributed by atoms with Crippen molar-refractivity contribution in [3.8, 4) is 11.4 Å². The topological polar surface area (TPSA) is 75.4 Å². The van der Waals surface area contributed by atoms with Gasteiger partial charge < -0.3 is 9.42 Å². The Bertz CT molecular complexity index is 881. The van der Waals surface area contributed by atoms with Crippen molar-refractivity contribution in [3.05, 3.63) is 52.8 Å². The van der Waals surface area contributed by atoms with Crippen LogP contribution >= 0.6 is 11.3 Å². The van der Waals surface area contributed by atoms with Gasteiger partial charge in [-0.2, -0.15) is 4.98 Å². The van der Waals surface area contributed by atoms with Gasteiger partial charge in [0.05, 0.1) is 0 Å². The highest BCUT2D eigenvalue weighted by Crippen LogP contribution is 2.16. The number of thiophene rings is 1. The molecule has 3 aromatic heterocycles. The van der Waals surface area contributed by atoms with Gasteiger partial charge >= 0.3 is 0 Å². The molecule has 1 aliphatic rings. The molecule has 4 heterocycles. The quantitative estimate of drug-likeness (QED) is 0.637. The molecule has 0 aliphatic carbocycles. The molecule has 0 aromatic carbocycles. The predicted molar refractivity (Wildman–Crippen MR) is 107 cm³/mol. The maximum atomic E-state index is 12.6. The highest BCUT2D eigenvalue weighted by molar-refractivity contribution is 7.09. The smallest absolute Gasteiger partial charge is 0.227 e. The molecular weight excluding hydrogens is 374 g/mol. The summed E-state index contributed by atoms with van der Waals surface area (Å²) in [6.07, 6.45) is 5.24. The Morgan fingerprint density at radius 3 is 2.86 bits per heavy atom. The van der Waals surface area contributed by atoms with Gasteiger partial charge in [0.25, 0.3) is 0 Å². The number of carbonyl (C=O) groups is 1. The molecule has 0 N–H and O–H groups in total. The summed E-state index contributed by atoms with van der Waals surface area (Å²) in [5.41, 5.74) is 0.856. The van der Waals surface area contributed by atoms with Gasteiger partial charge in [0.15, 0.2) is 0 Å². The molecule has 3 aromatic rings. The number of aromatic nitrogens is 3. The molecule has 28 heavy (non-hydrogen) atoms. The van der Waals surface area contributed by atoms with Crippen molar-refractivity contribution in [2.24, 2.45) is 0 Å². The molecule has 8 heteroatoms. The van der Waals surface area contributed by atoms with E-state index < -0.39 is 0 Å². The van der Waals surface area contributed by atoms with E-state index in [2.05, 4.69) is 37.5 Å². The summed E-state index contributed by atoms with van der Waals surface area (Å²) in [5, 5.41) is 6.10. The number of rotatable bonds is 6. The molecule has 0 saturated carbocycles. The van der Waals surface area contributed by atoms with Crippen molar-refractivity contribution >= 4 is 17.2 Å². The Morgan fingerprint density at radius 1 is 1.14 bits per heavy atom. The highest BCUT2D eigenvalue weighted by atomic mass is 32.1. The van der Waals surface area contributed by atoms with Crippen LogP contribution < -0.4 is 0 Å². The fraction of sp³-hybridized carbons (Fsp3) is 0.400. The molecule has 146 valence electrons. The Labute approximate surface area is 168 Å². The van der Waals surface area contributed by atoms with Crippen molar-refractivity contribution in [2.75, 3.05) is 26.2 Å². The third-order valence-electron chi connectivity index (χ3n) is 4.86. The molecule has 1 aliphatic heterocycles. The van der Waals surface area contributed by atoms with E-state index in [0.29, 0.717) is 24.6 Å². The lowest BCUT2D eigenvalue weighted by Gasteiger charge is -2.21. The number of carbonyl (C=O) groups excluding carboxylic acids is 1. The van der Waals surface area contributed by atoms with Crippen LogP contribution in [0.15, 0.2) is 46.6 Å². The van der Waals surface area contributed by atoms with Crippen LogP contribution in [0.4, 0.5) is 0 Å². The van der Waals surface area contributed by atoms with E-state index in [1.54, 1.807) is 23.7 Å². The van der Waals surface area contributed by atoms with Crippen LogP contribution in [0.1, 0.15) is 23.6 Å². The third-order valence-corrected chi connectivity index (χ3v) is 5.72. The Morgan fingerprint density at radius 2 is 2.04 bits per heavy atom. The number of aryl methyl sites for hydroxylation is 1. The minimum Gasteiger partial charge on any atom is -0.341 e. The number of nitrogens with zero attached hydrogens (tertiary/aromatic N) is 5. The molecule has 0 bridgehead atoms. The Balaban J connectivity index is 1.26. The van der Waals surface area contributed by atoms with Crippen LogP contribution in [0.2, 0.25) is 0 Å². The minimum absolute atomic E-state index is 0.154. The van der Waals surface area contributed by atoms with E-state index in [4.69, 9.17) is 4.52 Å². The first-order valence-corrected chi connectivity index (χ1v) is 10.4. The molecule has 1 amide bonds. The average Bonchev–Trinajstić information content (AvgIpc) is 3.36. The van der Waals surface area contributed by atoms with Crippen LogP contribution in [0.25, 0.3) is 11.4 Å². The lowest BCUT2D eigenvalue weighted by molar-refractivity contribution is -0.131. The Kier molecular flexibility index (Phi) is 6.08. The number of pyridine rings is 1. The fourth-order valence-electron chi connectivity index (χ4n) is 3.35. The molecule has 1 saturated heterocycles. The van der Waals surface area contributed by atoms with Gasteiger partial charge in [0.2, 0.25) is 17.6 Å². The fourth-order valence-corrected chi connectivity index (χ4v) is 4.09. The first kappa shape index (κ1) is 18.8. The molecule has 7 nitrogen and oxygen atoms in total. The van der Waals surface area contributed by atoms with Crippen LogP contribution in [0.3, 0.4) is 0 Å². The summed E-state index contributed by atoms with van der Waals surface area (Å²) in [7, 11) is 0. The molecular formula is C20H23N5O2S. The second-order valence-electron chi connectivity index (χ2n) is 6.84. The summed E-state index contributed by atoms with van der Waals surface area (Å²) in [6.45, 7) is 4.50. The molecule has 4 rings (SSSR count). The van der Waals surface area contributed by atoms with Gasteiger partial charge in [-0.15, -0.1) is 11.3 Å². The largest absolute Gasteiger partial charge is 0.341 e. The van der Waals surface area contributed by atoms with Crippen molar-refractivity contribution in [1.29, 1.82) is 0 Å². The average molecular weight is 398 g/mol. The zero-order valence-corrected chi connectivity index (χ0v) is 16.5. The predicted octanol–water partition coefficient (Wildman–Crippen LogP) is 2.86. The van der Waals surface area contributed by atoms with Crippen molar-refractivity contribution < 1.29 is 9.32 Å². The summed E-state index contributed by atoms with van der Waals surface area (Å²) < 4.78 is 5.30. The SMILES string of the molecule is O=C(CCc1nc(-c2ccncc2)no1)N1CCCN(Cc2cccs2)CC1. The van der Waals surface area contributed by atoms with E-state index in [1.165, 1.54) is 4.88 Å². The zero-order valence-electron chi connectivity index (χ0n) is 15.7. The van der Waals surface area contributed by atoms with E-state index in [0.717, 1.165) is 44.7 Å². The lowest BCUT2D eigenvalue weighted by atomic mass is 10.2. The van der Waals surface area contributed by atoms with Gasteiger partial charge in [-0.3, -0.25) is 14.7 Å². The van der Waals surface area contributed by atoms with E-state index in [-0.39, 0.29) is 5.91 Å². The number of hydrogen-bond donors (Lipinski definition) is 0. The molecule has 0 radical (unpaired) electrons. The molecule has 1 fully saturated rings. The van der Waals surface area contributed by atoms with Gasteiger partial charge in [-0.1, -0.05) is 11.2 Å². The van der Waals surface area contributed by atoms with E-state index >= 15 is 0 Å². The van der Waals surface area contributed by atoms with Crippen LogP contribution in [0, 0.1) is 0 Å². The second kappa shape index (κ2) is 9.07. The maximum Gasteiger partial charge on any atom is 0.227 e. The molecule has 0 spiro atoms. The van der Waals surface area contributed by atoms with E-state index in [1.807, 2.05) is 17.0 Å². The monoisotopic (exact) mass is 397 g/mol. The van der Waals surface area contributed by atoms with Crippen LogP contribution in [-0.4, -0.2) is 57.0 Å². The third kappa shape index (κ3) is 4.82. The van der Waals surface area contributed by atoms with Gasteiger partial charge in [0, 0.05) is 68.4 Å². The summed E-state index contributed by atoms with van der Waals surface area (Å²) in [5.74, 6) is 1.18. The molecule has 0 atom stereocenters. The normalized spacial score (nSPS) is 15.5. The van der Waals surface area contributed by atoms with Crippen LogP contribution in [-0.2, 0) is 17.8 Å². The number of amides is 1. The lowest BCUT2D eigenvalue weighted by Crippen LogP contribution is -2.35. The zero-order chi connectivity index (χ0) is 19.2. The standard InChI is InChI=1S/C20H23N5O2S/c26-19(5-4-18-22-20(23-27-18)16-6-8-21-9-7-16)25-11-2-10-24(12-13-25)15-17-3-1-14-28-17/h1,3,6-9,14H,2,4-5,10-13,15H2. The minimum atomic E-state index is 0.154. The van der Waals surface area contributed by atoms with Crippen LogP contribution in [0.5, 0.6) is 0 Å². The van der Waals surface area contributed by atoms with E-state index in [9.17, 15) is 4.79 Å². The van der Waals surface area contributed by atoms with Gasteiger partial charge in [-0.05, 0) is 30.0 Å². The van der Waals surface area contributed by atoms with Crippen molar-refractivity contribution in [1.82, 2.24) is 24.9 Å². The second-order valence-corrected chi connectivity index (χ2v) is 7.87.